The maximum atomic E-state index is 10.9. The van der Waals surface area contributed by atoms with E-state index in [-0.39, 0.29) is 6.61 Å². The Morgan fingerprint density at radius 2 is 1.12 bits per heavy atom. The largest absolute Gasteiger partial charge is 0.376 e. The van der Waals surface area contributed by atoms with Gasteiger partial charge in [-0.3, -0.25) is 0 Å². The molecule has 0 radical (unpaired) electrons. The topological polar surface area (TPSA) is 66.4 Å². The maximum Gasteiger partial charge on any atom is 0.184 e. The van der Waals surface area contributed by atoms with E-state index in [4.69, 9.17) is 23.7 Å². The molecule has 1 saturated heterocycles. The Morgan fingerprint density at radius 3 is 1.62 bits per heavy atom. The second kappa shape index (κ2) is 12.8. The molecule has 3 aromatic carbocycles. The van der Waals surface area contributed by atoms with Crippen molar-refractivity contribution in [2.24, 2.45) is 0 Å². The summed E-state index contributed by atoms with van der Waals surface area (Å²) in [5.74, 6) is 0. The standard InChI is InChI=1S/C28H32O6/c1-30-25-24(20-31-17-21-11-5-2-6-12-21)34-28(29)27(33-19-23-15-9-4-10-16-23)26(25)32-18-22-13-7-3-8-14-22/h2-16,24-29H,17-20H2,1H3/t24-,25-,26+,27-,28?/m1/s1. The summed E-state index contributed by atoms with van der Waals surface area (Å²) in [5, 5.41) is 10.9. The number of aliphatic hydroxyl groups excluding tert-OH is 1. The molecular weight excluding hydrogens is 432 g/mol. The van der Waals surface area contributed by atoms with Gasteiger partial charge in [0, 0.05) is 7.11 Å². The highest BCUT2D eigenvalue weighted by molar-refractivity contribution is 5.15. The van der Waals surface area contributed by atoms with Gasteiger partial charge < -0.3 is 28.8 Å². The maximum absolute atomic E-state index is 10.9. The molecule has 0 bridgehead atoms. The molecule has 1 heterocycles. The number of rotatable bonds is 11. The number of aliphatic hydroxyl groups is 1. The van der Waals surface area contributed by atoms with E-state index in [1.165, 1.54) is 0 Å². The lowest BCUT2D eigenvalue weighted by molar-refractivity contribution is -0.312. The molecule has 0 amide bonds. The summed E-state index contributed by atoms with van der Waals surface area (Å²) >= 11 is 0. The van der Waals surface area contributed by atoms with Crippen molar-refractivity contribution in [1.29, 1.82) is 0 Å². The average Bonchev–Trinajstić information content (AvgIpc) is 2.88. The van der Waals surface area contributed by atoms with E-state index in [0.29, 0.717) is 19.8 Å². The highest BCUT2D eigenvalue weighted by Gasteiger charge is 2.47. The van der Waals surface area contributed by atoms with Crippen molar-refractivity contribution in [1.82, 2.24) is 0 Å². The van der Waals surface area contributed by atoms with Crippen LogP contribution in [0.5, 0.6) is 0 Å². The molecule has 4 rings (SSSR count). The molecule has 5 atom stereocenters. The van der Waals surface area contributed by atoms with E-state index in [9.17, 15) is 5.11 Å². The van der Waals surface area contributed by atoms with Gasteiger partial charge in [-0.25, -0.2) is 0 Å². The van der Waals surface area contributed by atoms with E-state index in [1.807, 2.05) is 91.0 Å². The lowest BCUT2D eigenvalue weighted by Crippen LogP contribution is -2.61. The van der Waals surface area contributed by atoms with Gasteiger partial charge in [-0.2, -0.15) is 0 Å². The van der Waals surface area contributed by atoms with Crippen LogP contribution in [-0.4, -0.2) is 49.5 Å². The van der Waals surface area contributed by atoms with Crippen molar-refractivity contribution in [3.05, 3.63) is 108 Å². The van der Waals surface area contributed by atoms with Crippen LogP contribution in [0.3, 0.4) is 0 Å². The first kappa shape index (κ1) is 24.5. The highest BCUT2D eigenvalue weighted by Crippen LogP contribution is 2.29. The molecule has 34 heavy (non-hydrogen) atoms. The molecule has 0 aliphatic carbocycles. The Hall–Kier alpha value is -2.58. The Balaban J connectivity index is 1.45. The lowest BCUT2D eigenvalue weighted by atomic mass is 9.98. The van der Waals surface area contributed by atoms with Crippen molar-refractivity contribution < 1.29 is 28.8 Å². The predicted molar refractivity (Wildman–Crippen MR) is 128 cm³/mol. The summed E-state index contributed by atoms with van der Waals surface area (Å²) in [6.07, 6.45) is -3.45. The molecule has 1 aliphatic heterocycles. The molecule has 0 aromatic heterocycles. The van der Waals surface area contributed by atoms with Gasteiger partial charge in [0.15, 0.2) is 6.29 Å². The molecule has 6 heteroatoms. The van der Waals surface area contributed by atoms with Crippen LogP contribution in [0.1, 0.15) is 16.7 Å². The summed E-state index contributed by atoms with van der Waals surface area (Å²) < 4.78 is 30.0. The summed E-state index contributed by atoms with van der Waals surface area (Å²) in [7, 11) is 1.61. The van der Waals surface area contributed by atoms with E-state index < -0.39 is 30.7 Å². The zero-order chi connectivity index (χ0) is 23.6. The van der Waals surface area contributed by atoms with Crippen LogP contribution in [0.4, 0.5) is 0 Å². The van der Waals surface area contributed by atoms with E-state index in [0.717, 1.165) is 16.7 Å². The van der Waals surface area contributed by atoms with Crippen LogP contribution in [0.15, 0.2) is 91.0 Å². The minimum atomic E-state index is -1.18. The minimum Gasteiger partial charge on any atom is -0.376 e. The number of methoxy groups -OCH3 is 1. The Morgan fingerprint density at radius 1 is 0.647 bits per heavy atom. The smallest absolute Gasteiger partial charge is 0.184 e. The minimum absolute atomic E-state index is 0.251. The molecule has 1 fully saturated rings. The first-order valence-electron chi connectivity index (χ1n) is 11.5. The first-order valence-corrected chi connectivity index (χ1v) is 11.5. The monoisotopic (exact) mass is 464 g/mol. The molecular formula is C28H32O6. The number of ether oxygens (including phenoxy) is 5. The molecule has 0 saturated carbocycles. The number of hydrogen-bond donors (Lipinski definition) is 1. The van der Waals surface area contributed by atoms with Crippen LogP contribution >= 0.6 is 0 Å². The fourth-order valence-electron chi connectivity index (χ4n) is 4.08. The van der Waals surface area contributed by atoms with E-state index >= 15 is 0 Å². The first-order chi connectivity index (χ1) is 16.7. The summed E-state index contributed by atoms with van der Waals surface area (Å²) in [6, 6.07) is 29.6. The van der Waals surface area contributed by atoms with Crippen LogP contribution in [-0.2, 0) is 43.5 Å². The molecule has 3 aromatic rings. The van der Waals surface area contributed by atoms with Crippen molar-refractivity contribution in [2.75, 3.05) is 13.7 Å². The number of hydrogen-bond acceptors (Lipinski definition) is 6. The SMILES string of the molecule is CO[C@H]1[C@H](OCc2ccccc2)[C@@H](OCc2ccccc2)C(O)O[C@@H]1COCc1ccccc1. The quantitative estimate of drug-likeness (QED) is 0.461. The summed E-state index contributed by atoms with van der Waals surface area (Å²) in [6.45, 7) is 1.38. The molecule has 180 valence electrons. The third-order valence-corrected chi connectivity index (χ3v) is 5.85. The van der Waals surface area contributed by atoms with E-state index in [2.05, 4.69) is 0 Å². The lowest BCUT2D eigenvalue weighted by Gasteiger charge is -2.44. The second-order valence-corrected chi connectivity index (χ2v) is 8.29. The summed E-state index contributed by atoms with van der Waals surface area (Å²) in [4.78, 5) is 0. The number of benzene rings is 3. The van der Waals surface area contributed by atoms with Crippen LogP contribution in [0.25, 0.3) is 0 Å². The van der Waals surface area contributed by atoms with Crippen molar-refractivity contribution in [2.45, 2.75) is 50.5 Å². The van der Waals surface area contributed by atoms with Gasteiger partial charge in [0.25, 0.3) is 0 Å². The van der Waals surface area contributed by atoms with Crippen LogP contribution in [0.2, 0.25) is 0 Å². The highest BCUT2D eigenvalue weighted by atomic mass is 16.7. The van der Waals surface area contributed by atoms with Crippen LogP contribution < -0.4 is 0 Å². The van der Waals surface area contributed by atoms with Gasteiger partial charge >= 0.3 is 0 Å². The Bertz CT molecular complexity index is 952. The van der Waals surface area contributed by atoms with Gasteiger partial charge in [0.2, 0.25) is 0 Å². The predicted octanol–water partition coefficient (Wildman–Crippen LogP) is 4.11. The fourth-order valence-corrected chi connectivity index (χ4v) is 4.08. The van der Waals surface area contributed by atoms with Crippen molar-refractivity contribution >= 4 is 0 Å². The van der Waals surface area contributed by atoms with Crippen molar-refractivity contribution in [3.63, 3.8) is 0 Å². The second-order valence-electron chi connectivity index (χ2n) is 8.29. The Labute approximate surface area is 201 Å². The zero-order valence-corrected chi connectivity index (χ0v) is 19.4. The van der Waals surface area contributed by atoms with Crippen molar-refractivity contribution in [3.8, 4) is 0 Å². The van der Waals surface area contributed by atoms with Gasteiger partial charge in [-0.05, 0) is 16.7 Å². The van der Waals surface area contributed by atoms with Gasteiger partial charge in [0.05, 0.1) is 26.4 Å². The molecule has 0 spiro atoms. The van der Waals surface area contributed by atoms with Gasteiger partial charge in [-0.15, -0.1) is 0 Å². The molecule has 1 N–H and O–H groups in total. The van der Waals surface area contributed by atoms with Gasteiger partial charge in [-0.1, -0.05) is 91.0 Å². The fraction of sp³-hybridized carbons (Fsp3) is 0.357. The van der Waals surface area contributed by atoms with Gasteiger partial charge in [0.1, 0.15) is 24.4 Å². The Kier molecular flexibility index (Phi) is 9.21. The zero-order valence-electron chi connectivity index (χ0n) is 19.4. The third-order valence-electron chi connectivity index (χ3n) is 5.85. The normalized spacial score (nSPS) is 24.7. The van der Waals surface area contributed by atoms with E-state index in [1.54, 1.807) is 7.11 Å². The molecule has 6 nitrogen and oxygen atoms in total. The molecule has 1 aliphatic rings. The average molecular weight is 465 g/mol. The third kappa shape index (κ3) is 6.73. The van der Waals surface area contributed by atoms with Crippen LogP contribution in [0, 0.1) is 0 Å². The summed E-state index contributed by atoms with van der Waals surface area (Å²) in [5.41, 5.74) is 3.09. The molecule has 1 unspecified atom stereocenters.